The molecule has 0 radical (unpaired) electrons. The van der Waals surface area contributed by atoms with Crippen molar-refractivity contribution in [1.82, 2.24) is 4.98 Å². The number of amides is 1. The van der Waals surface area contributed by atoms with E-state index in [9.17, 15) is 36.2 Å². The predicted molar refractivity (Wildman–Crippen MR) is 141 cm³/mol. The summed E-state index contributed by atoms with van der Waals surface area (Å²) in [4.78, 5) is 21.3. The number of halogens is 6. The van der Waals surface area contributed by atoms with E-state index in [1.54, 1.807) is 12.1 Å². The number of carbonyl (C=O) groups is 1. The monoisotopic (exact) mass is 581 g/mol. The molecule has 1 atom stereocenters. The summed E-state index contributed by atoms with van der Waals surface area (Å²) in [6.07, 6.45) is -9.68. The van der Waals surface area contributed by atoms with Crippen LogP contribution in [0.2, 0.25) is 0 Å². The minimum absolute atomic E-state index is 0.0370. The van der Waals surface area contributed by atoms with Crippen molar-refractivity contribution in [3.05, 3.63) is 77.0 Å². The molecule has 1 aliphatic heterocycles. The van der Waals surface area contributed by atoms with E-state index in [1.807, 2.05) is 30.0 Å². The molecule has 0 spiro atoms. The van der Waals surface area contributed by atoms with Gasteiger partial charge in [-0.2, -0.15) is 26.3 Å². The first-order chi connectivity index (χ1) is 19.0. The van der Waals surface area contributed by atoms with Gasteiger partial charge in [0, 0.05) is 19.2 Å². The number of β-amino-alcohol motifs (C(OH)–C–C–N with tert-alkyl or cyclic N) is 1. The smallest absolute Gasteiger partial charge is 0.366 e. The van der Waals surface area contributed by atoms with Crippen LogP contribution in [-0.2, 0) is 27.3 Å². The van der Waals surface area contributed by atoms with Crippen LogP contribution in [0.1, 0.15) is 36.1 Å². The Labute approximate surface area is 233 Å². The van der Waals surface area contributed by atoms with Crippen molar-refractivity contribution in [1.29, 1.82) is 0 Å². The quantitative estimate of drug-likeness (QED) is 0.364. The van der Waals surface area contributed by atoms with Crippen molar-refractivity contribution in [2.75, 3.05) is 36.5 Å². The van der Waals surface area contributed by atoms with Crippen molar-refractivity contribution in [3.8, 4) is 11.1 Å². The van der Waals surface area contributed by atoms with E-state index in [-0.39, 0.29) is 19.2 Å². The van der Waals surface area contributed by atoms with E-state index in [2.05, 4.69) is 4.98 Å². The fourth-order valence-electron chi connectivity index (χ4n) is 4.78. The van der Waals surface area contributed by atoms with Gasteiger partial charge in [-0.15, -0.1) is 0 Å². The number of pyridine rings is 1. The third-order valence-electron chi connectivity index (χ3n) is 7.19. The normalized spacial score (nSPS) is 16.6. The van der Waals surface area contributed by atoms with Crippen molar-refractivity contribution >= 4 is 17.4 Å². The average Bonchev–Trinajstić information content (AvgIpc) is 2.91. The van der Waals surface area contributed by atoms with Crippen LogP contribution in [-0.4, -0.2) is 49.0 Å². The van der Waals surface area contributed by atoms with Crippen molar-refractivity contribution in [2.45, 2.75) is 44.8 Å². The largest absolute Gasteiger partial charge is 0.416 e. The molecule has 2 heterocycles. The molecule has 1 aromatic heterocycles. The van der Waals surface area contributed by atoms with Gasteiger partial charge in [0.15, 0.2) is 6.29 Å². The third kappa shape index (κ3) is 6.33. The number of nitrogens with zero attached hydrogens (tertiary/aromatic N) is 3. The number of anilines is 2. The lowest BCUT2D eigenvalue weighted by molar-refractivity contribution is -0.143. The van der Waals surface area contributed by atoms with Gasteiger partial charge in [-0.05, 0) is 61.7 Å². The van der Waals surface area contributed by atoms with E-state index in [4.69, 9.17) is 4.74 Å². The maximum atomic E-state index is 13.9. The second kappa shape index (κ2) is 11.0. The minimum atomic E-state index is -5.05. The zero-order chi connectivity index (χ0) is 30.3. The summed E-state index contributed by atoms with van der Waals surface area (Å²) < 4.78 is 86.5. The van der Waals surface area contributed by atoms with Crippen molar-refractivity contribution in [3.63, 3.8) is 0 Å². The van der Waals surface area contributed by atoms with Crippen LogP contribution in [0.25, 0.3) is 11.1 Å². The Kier molecular flexibility index (Phi) is 8.12. The molecule has 0 aliphatic carbocycles. The minimum Gasteiger partial charge on any atom is -0.366 e. The lowest BCUT2D eigenvalue weighted by atomic mass is 9.81. The van der Waals surface area contributed by atoms with Gasteiger partial charge in [-0.1, -0.05) is 24.3 Å². The van der Waals surface area contributed by atoms with Gasteiger partial charge in [0.05, 0.1) is 41.6 Å². The summed E-state index contributed by atoms with van der Waals surface area (Å²) >= 11 is 0. The van der Waals surface area contributed by atoms with E-state index in [0.29, 0.717) is 35.7 Å². The van der Waals surface area contributed by atoms with Crippen LogP contribution in [0.3, 0.4) is 0 Å². The number of hydrogen-bond donors (Lipinski definition) is 1. The van der Waals surface area contributed by atoms with Gasteiger partial charge in [-0.25, -0.2) is 4.98 Å². The molecule has 6 nitrogen and oxygen atoms in total. The molecule has 2 aromatic carbocycles. The van der Waals surface area contributed by atoms with Crippen LogP contribution in [0, 0.1) is 6.92 Å². The Balaban J connectivity index is 1.80. The molecule has 0 saturated carbocycles. The predicted octanol–water partition coefficient (Wildman–Crippen LogP) is 6.19. The van der Waals surface area contributed by atoms with Crippen LogP contribution in [0.5, 0.6) is 0 Å². The first-order valence-corrected chi connectivity index (χ1v) is 12.7. The number of aliphatic hydroxyl groups is 1. The molecule has 4 rings (SSSR count). The molecular formula is C29H29F6N3O3. The molecule has 1 N–H and O–H groups in total. The number of carbonyl (C=O) groups excluding carboxylic acids is 1. The number of hydrogen-bond acceptors (Lipinski definition) is 5. The molecule has 1 aliphatic rings. The highest BCUT2D eigenvalue weighted by atomic mass is 19.4. The van der Waals surface area contributed by atoms with Gasteiger partial charge in [0.2, 0.25) is 5.91 Å². The summed E-state index contributed by atoms with van der Waals surface area (Å²) in [7, 11) is 1.40. The molecule has 0 bridgehead atoms. The number of likely N-dealkylation sites (N-methyl/N-ethyl adjacent to an activating group) is 1. The molecule has 220 valence electrons. The molecule has 12 heteroatoms. The van der Waals surface area contributed by atoms with E-state index < -0.39 is 46.7 Å². The summed E-state index contributed by atoms with van der Waals surface area (Å²) in [5.41, 5.74) is -2.72. The van der Waals surface area contributed by atoms with Crippen LogP contribution < -0.4 is 9.80 Å². The number of aliphatic hydroxyl groups excluding tert-OH is 1. The summed E-state index contributed by atoms with van der Waals surface area (Å²) in [6.45, 7) is 5.32. The first kappa shape index (κ1) is 30.3. The number of aromatic nitrogens is 1. The van der Waals surface area contributed by atoms with Gasteiger partial charge >= 0.3 is 12.4 Å². The first-order valence-electron chi connectivity index (χ1n) is 12.7. The van der Waals surface area contributed by atoms with E-state index in [1.165, 1.54) is 32.0 Å². The topological polar surface area (TPSA) is 65.9 Å². The SMILES string of the molecule is Cc1ccccc1-c1cc(N2CCOC(O)C2)ncc1N(C)C(=O)C(C)(C)c1cc(C(F)(F)F)cc(C(F)(F)F)c1. The van der Waals surface area contributed by atoms with E-state index in [0.717, 1.165) is 11.1 Å². The standard InChI is InChI=1S/C29H29F6N3O3/c1-17-7-5-6-8-21(17)22-14-24(38-9-10-41-25(39)16-38)36-15-23(22)37(4)26(40)27(2,3)18-11-19(28(30,31)32)13-20(12-18)29(33,34)35/h5-8,11-15,25,39H,9-10,16H2,1-4H3. The number of benzene rings is 2. The lowest BCUT2D eigenvalue weighted by Crippen LogP contribution is -2.43. The number of aryl methyl sites for hydroxylation is 1. The molecule has 1 amide bonds. The molecular weight excluding hydrogens is 552 g/mol. The molecule has 1 fully saturated rings. The number of morpholine rings is 1. The van der Waals surface area contributed by atoms with Crippen LogP contribution in [0.15, 0.2) is 54.7 Å². The highest BCUT2D eigenvalue weighted by Crippen LogP contribution is 2.41. The molecule has 41 heavy (non-hydrogen) atoms. The van der Waals surface area contributed by atoms with Gasteiger partial charge in [-0.3, -0.25) is 4.79 Å². The third-order valence-corrected chi connectivity index (χ3v) is 7.19. The number of rotatable bonds is 5. The molecule has 3 aromatic rings. The fourth-order valence-corrected chi connectivity index (χ4v) is 4.78. The zero-order valence-electron chi connectivity index (χ0n) is 22.8. The highest BCUT2D eigenvalue weighted by molar-refractivity contribution is 6.03. The fraction of sp³-hybridized carbons (Fsp3) is 0.379. The Morgan fingerprint density at radius 1 is 0.976 bits per heavy atom. The van der Waals surface area contributed by atoms with Crippen molar-refractivity contribution < 1.29 is 41.0 Å². The number of ether oxygens (including phenoxy) is 1. The van der Waals surface area contributed by atoms with Crippen LogP contribution >= 0.6 is 0 Å². The maximum Gasteiger partial charge on any atom is 0.416 e. The second-order valence-corrected chi connectivity index (χ2v) is 10.4. The van der Waals surface area contributed by atoms with Gasteiger partial charge in [0.1, 0.15) is 5.82 Å². The van der Waals surface area contributed by atoms with Crippen molar-refractivity contribution in [2.24, 2.45) is 0 Å². The summed E-state index contributed by atoms with van der Waals surface area (Å²) in [5.74, 6) is -0.238. The summed E-state index contributed by atoms with van der Waals surface area (Å²) in [6, 6.07) is 10.3. The van der Waals surface area contributed by atoms with Crippen LogP contribution in [0.4, 0.5) is 37.8 Å². The Morgan fingerprint density at radius 3 is 2.12 bits per heavy atom. The molecule has 1 saturated heterocycles. The lowest BCUT2D eigenvalue weighted by Gasteiger charge is -2.34. The van der Waals surface area contributed by atoms with Gasteiger partial charge < -0.3 is 19.6 Å². The van der Waals surface area contributed by atoms with E-state index >= 15 is 0 Å². The average molecular weight is 582 g/mol. The van der Waals surface area contributed by atoms with Gasteiger partial charge in [0.25, 0.3) is 0 Å². The summed E-state index contributed by atoms with van der Waals surface area (Å²) in [5, 5.41) is 9.94. The maximum absolute atomic E-state index is 13.9. The Bertz CT molecular complexity index is 1410. The second-order valence-electron chi connectivity index (χ2n) is 10.4. The zero-order valence-corrected chi connectivity index (χ0v) is 22.8. The molecule has 1 unspecified atom stereocenters. The Morgan fingerprint density at radius 2 is 1.56 bits per heavy atom. The Hall–Kier alpha value is -3.64. The highest BCUT2D eigenvalue weighted by Gasteiger charge is 2.41. The number of alkyl halides is 6.